The van der Waals surface area contributed by atoms with E-state index >= 15 is 0 Å². The van der Waals surface area contributed by atoms with E-state index in [0.717, 1.165) is 31.9 Å². The second kappa shape index (κ2) is 7.32. The highest BCUT2D eigenvalue weighted by molar-refractivity contribution is 5.93. The van der Waals surface area contributed by atoms with Crippen molar-refractivity contribution in [3.05, 3.63) is 23.5 Å². The van der Waals surface area contributed by atoms with Crippen molar-refractivity contribution in [1.82, 2.24) is 25.1 Å². The van der Waals surface area contributed by atoms with Crippen LogP contribution in [0.3, 0.4) is 0 Å². The molecule has 0 radical (unpaired) electrons. The summed E-state index contributed by atoms with van der Waals surface area (Å²) >= 11 is 0. The summed E-state index contributed by atoms with van der Waals surface area (Å²) in [7, 11) is 0. The van der Waals surface area contributed by atoms with Gasteiger partial charge in [0.1, 0.15) is 0 Å². The van der Waals surface area contributed by atoms with Gasteiger partial charge in [0.05, 0.1) is 17.8 Å². The van der Waals surface area contributed by atoms with E-state index in [0.29, 0.717) is 17.6 Å². The van der Waals surface area contributed by atoms with Gasteiger partial charge in [0.25, 0.3) is 0 Å². The first-order chi connectivity index (χ1) is 11.9. The van der Waals surface area contributed by atoms with Gasteiger partial charge in [0.2, 0.25) is 17.7 Å². The fourth-order valence-corrected chi connectivity index (χ4v) is 2.97. The number of nitrogens with one attached hydrogen (secondary N) is 1. The molecule has 1 N–H and O–H groups in total. The third-order valence-electron chi connectivity index (χ3n) is 4.60. The molecular formula is C16H24N6O3. The van der Waals surface area contributed by atoms with Crippen LogP contribution in [0.2, 0.25) is 0 Å². The zero-order valence-corrected chi connectivity index (χ0v) is 15.0. The van der Waals surface area contributed by atoms with Crippen LogP contribution in [0.5, 0.6) is 0 Å². The van der Waals surface area contributed by atoms with E-state index in [9.17, 15) is 4.79 Å². The highest BCUT2D eigenvalue weighted by atomic mass is 16.5. The minimum atomic E-state index is -0.242. The Morgan fingerprint density at radius 2 is 1.80 bits per heavy atom. The number of rotatable bonds is 5. The summed E-state index contributed by atoms with van der Waals surface area (Å²) in [5.41, 5.74) is 0.738. The maximum Gasteiger partial charge on any atom is 0.243 e. The maximum atomic E-state index is 12.4. The Balaban J connectivity index is 1.51. The van der Waals surface area contributed by atoms with E-state index in [-0.39, 0.29) is 18.0 Å². The number of aromatic nitrogens is 3. The lowest BCUT2D eigenvalue weighted by Gasteiger charge is -2.38. The van der Waals surface area contributed by atoms with Gasteiger partial charge in [-0.25, -0.2) is 0 Å². The van der Waals surface area contributed by atoms with E-state index in [1.54, 1.807) is 6.07 Å². The lowest BCUT2D eigenvalue weighted by molar-refractivity contribution is -0.121. The molecule has 0 unspecified atom stereocenters. The molecule has 1 fully saturated rings. The van der Waals surface area contributed by atoms with Crippen LogP contribution >= 0.6 is 0 Å². The normalized spacial score (nSPS) is 18.9. The molecule has 3 heterocycles. The lowest BCUT2D eigenvalue weighted by atomic mass is 10.2. The van der Waals surface area contributed by atoms with Crippen molar-refractivity contribution in [3.63, 3.8) is 0 Å². The predicted molar refractivity (Wildman–Crippen MR) is 89.9 cm³/mol. The Hall–Kier alpha value is -2.26. The number of anilines is 1. The SMILES string of the molecule is Cc1cc(NC(=O)[C@@H](C)N2CCN([C@H](C)c3nc(C)no3)CC2)on1. The summed E-state index contributed by atoms with van der Waals surface area (Å²) < 4.78 is 10.3. The molecule has 1 amide bonds. The van der Waals surface area contributed by atoms with Gasteiger partial charge in [0, 0.05) is 32.2 Å². The van der Waals surface area contributed by atoms with Crippen LogP contribution < -0.4 is 5.32 Å². The first-order valence-electron chi connectivity index (χ1n) is 8.46. The van der Waals surface area contributed by atoms with Crippen molar-refractivity contribution < 1.29 is 13.8 Å². The fourth-order valence-electron chi connectivity index (χ4n) is 2.97. The monoisotopic (exact) mass is 348 g/mol. The smallest absolute Gasteiger partial charge is 0.243 e. The number of hydrogen-bond acceptors (Lipinski definition) is 8. The Morgan fingerprint density at radius 3 is 2.36 bits per heavy atom. The number of amides is 1. The predicted octanol–water partition coefficient (Wildman–Crippen LogP) is 1.38. The first-order valence-corrected chi connectivity index (χ1v) is 8.46. The van der Waals surface area contributed by atoms with E-state index in [2.05, 4.69) is 37.3 Å². The van der Waals surface area contributed by atoms with Gasteiger partial charge < -0.3 is 9.05 Å². The molecule has 0 bridgehead atoms. The molecule has 0 spiro atoms. The molecule has 9 nitrogen and oxygen atoms in total. The van der Waals surface area contributed by atoms with Crippen LogP contribution in [-0.2, 0) is 4.79 Å². The highest BCUT2D eigenvalue weighted by Gasteiger charge is 2.29. The summed E-state index contributed by atoms with van der Waals surface area (Å²) in [5.74, 6) is 1.57. The standard InChI is InChI=1S/C16H24N6O3/c1-10-9-14(24-19-10)18-15(23)11(2)21-5-7-22(8-6-21)12(3)16-17-13(4)20-25-16/h9,11-12H,5-8H2,1-4H3,(H,18,23)/t11-,12-/m1/s1. The van der Waals surface area contributed by atoms with Crippen LogP contribution in [0.15, 0.2) is 15.1 Å². The minimum absolute atomic E-state index is 0.0738. The van der Waals surface area contributed by atoms with Gasteiger partial charge in [-0.05, 0) is 27.7 Å². The second-order valence-corrected chi connectivity index (χ2v) is 6.43. The fraction of sp³-hybridized carbons (Fsp3) is 0.625. The van der Waals surface area contributed by atoms with Crippen molar-refractivity contribution in [2.75, 3.05) is 31.5 Å². The number of carbonyl (C=O) groups is 1. The van der Waals surface area contributed by atoms with Crippen molar-refractivity contribution in [3.8, 4) is 0 Å². The number of piperazine rings is 1. The van der Waals surface area contributed by atoms with Crippen LogP contribution in [0.4, 0.5) is 5.88 Å². The molecule has 0 aromatic carbocycles. The first kappa shape index (κ1) is 17.6. The van der Waals surface area contributed by atoms with Crippen molar-refractivity contribution in [1.29, 1.82) is 0 Å². The quantitative estimate of drug-likeness (QED) is 0.865. The molecule has 2 aromatic rings. The third kappa shape index (κ3) is 4.05. The zero-order chi connectivity index (χ0) is 18.0. The summed E-state index contributed by atoms with van der Waals surface area (Å²) in [6.07, 6.45) is 0. The molecular weight excluding hydrogens is 324 g/mol. The second-order valence-electron chi connectivity index (χ2n) is 6.43. The molecule has 3 rings (SSSR count). The molecule has 9 heteroatoms. The van der Waals surface area contributed by atoms with Gasteiger partial charge in [-0.15, -0.1) is 0 Å². The van der Waals surface area contributed by atoms with Crippen molar-refractivity contribution >= 4 is 11.8 Å². The minimum Gasteiger partial charge on any atom is -0.338 e. The largest absolute Gasteiger partial charge is 0.338 e. The van der Waals surface area contributed by atoms with Gasteiger partial charge in [-0.1, -0.05) is 10.3 Å². The van der Waals surface area contributed by atoms with Gasteiger partial charge in [-0.2, -0.15) is 4.98 Å². The Morgan fingerprint density at radius 1 is 1.12 bits per heavy atom. The molecule has 1 saturated heterocycles. The summed E-state index contributed by atoms with van der Waals surface area (Å²) in [6, 6.07) is 1.54. The summed E-state index contributed by atoms with van der Waals surface area (Å²) in [4.78, 5) is 21.1. The van der Waals surface area contributed by atoms with Gasteiger partial charge in [0.15, 0.2) is 5.82 Å². The Bertz CT molecular complexity index is 719. The van der Waals surface area contributed by atoms with E-state index in [1.807, 2.05) is 20.8 Å². The third-order valence-corrected chi connectivity index (χ3v) is 4.60. The molecule has 2 atom stereocenters. The lowest BCUT2D eigenvalue weighted by Crippen LogP contribution is -2.53. The van der Waals surface area contributed by atoms with E-state index in [1.165, 1.54) is 0 Å². The highest BCUT2D eigenvalue weighted by Crippen LogP contribution is 2.21. The molecule has 2 aromatic heterocycles. The number of carbonyl (C=O) groups excluding carboxylic acids is 1. The zero-order valence-electron chi connectivity index (χ0n) is 15.0. The van der Waals surface area contributed by atoms with Crippen LogP contribution in [0.1, 0.15) is 37.3 Å². The number of aryl methyl sites for hydroxylation is 2. The van der Waals surface area contributed by atoms with E-state index in [4.69, 9.17) is 9.05 Å². The topological polar surface area (TPSA) is 101 Å². The van der Waals surface area contributed by atoms with Crippen LogP contribution in [0, 0.1) is 13.8 Å². The molecule has 0 saturated carbocycles. The average Bonchev–Trinajstić information content (AvgIpc) is 3.22. The number of hydrogen-bond donors (Lipinski definition) is 1. The van der Waals surface area contributed by atoms with Gasteiger partial charge in [-0.3, -0.25) is 19.9 Å². The van der Waals surface area contributed by atoms with Crippen molar-refractivity contribution in [2.24, 2.45) is 0 Å². The van der Waals surface area contributed by atoms with Gasteiger partial charge >= 0.3 is 0 Å². The molecule has 25 heavy (non-hydrogen) atoms. The Kier molecular flexibility index (Phi) is 5.14. The summed E-state index contributed by atoms with van der Waals surface area (Å²) in [6.45, 7) is 10.8. The average molecular weight is 348 g/mol. The summed E-state index contributed by atoms with van der Waals surface area (Å²) in [5, 5.41) is 10.4. The van der Waals surface area contributed by atoms with E-state index < -0.39 is 0 Å². The van der Waals surface area contributed by atoms with Crippen molar-refractivity contribution in [2.45, 2.75) is 39.8 Å². The molecule has 0 aliphatic carbocycles. The molecule has 1 aliphatic heterocycles. The van der Waals surface area contributed by atoms with Crippen LogP contribution in [0.25, 0.3) is 0 Å². The molecule has 136 valence electrons. The number of nitrogens with zero attached hydrogens (tertiary/aromatic N) is 5. The maximum absolute atomic E-state index is 12.4. The van der Waals surface area contributed by atoms with Crippen LogP contribution in [-0.4, -0.2) is 63.2 Å². The Labute approximate surface area is 146 Å². The molecule has 1 aliphatic rings.